The summed E-state index contributed by atoms with van der Waals surface area (Å²) >= 11 is 0. The fourth-order valence-corrected chi connectivity index (χ4v) is 8.72. The van der Waals surface area contributed by atoms with Gasteiger partial charge in [0, 0.05) is 39.1 Å². The van der Waals surface area contributed by atoms with Gasteiger partial charge in [-0.25, -0.2) is 0 Å². The Morgan fingerprint density at radius 3 is 1.23 bits per heavy atom. The number of nitrogens with zero attached hydrogens (tertiary/aromatic N) is 1. The highest BCUT2D eigenvalue weighted by Gasteiger charge is 2.41. The monoisotopic (exact) mass is 734 g/mol. The van der Waals surface area contributed by atoms with Crippen LogP contribution in [0.1, 0.15) is 133 Å². The summed E-state index contributed by atoms with van der Waals surface area (Å²) in [5.74, 6) is -1.46. The maximum Gasteiger partial charge on any atom is 0.303 e. The Labute approximate surface area is 299 Å². The average Bonchev–Trinajstić information content (AvgIpc) is 2.87. The fraction of sp³-hybridized carbons (Fsp3) is 0.946. The molecule has 2 atom stereocenters. The first-order chi connectivity index (χ1) is 21.6. The zero-order chi connectivity index (χ0) is 37.6. The van der Waals surface area contributed by atoms with E-state index in [4.69, 9.17) is 23.5 Å². The van der Waals surface area contributed by atoms with E-state index in [-0.39, 0.29) is 40.2 Å². The summed E-state index contributed by atoms with van der Waals surface area (Å²) in [7, 11) is -5.97. The van der Waals surface area contributed by atoms with E-state index in [9.17, 15) is 9.59 Å². The van der Waals surface area contributed by atoms with Crippen LogP contribution in [-0.2, 0) is 22.9 Å². The van der Waals surface area contributed by atoms with Crippen molar-refractivity contribution in [3.05, 3.63) is 0 Å². The van der Waals surface area contributed by atoms with E-state index in [2.05, 4.69) is 106 Å². The van der Waals surface area contributed by atoms with Crippen molar-refractivity contribution in [2.75, 3.05) is 26.2 Å². The number of aliphatic carboxylic acids is 2. The van der Waals surface area contributed by atoms with E-state index < -0.39 is 36.9 Å². The third-order valence-electron chi connectivity index (χ3n) is 11.2. The first-order valence-corrected chi connectivity index (χ1v) is 27.5. The van der Waals surface area contributed by atoms with Gasteiger partial charge in [-0.1, -0.05) is 88.0 Å². The molecule has 0 aliphatic heterocycles. The lowest BCUT2D eigenvalue weighted by Crippen LogP contribution is -2.50. The Morgan fingerprint density at radius 1 is 0.562 bits per heavy atom. The van der Waals surface area contributed by atoms with Crippen molar-refractivity contribution in [2.24, 2.45) is 0 Å². The minimum absolute atomic E-state index is 0.0566. The van der Waals surface area contributed by atoms with Crippen molar-refractivity contribution < 1.29 is 33.1 Å². The molecule has 0 aliphatic carbocycles. The Kier molecular flexibility index (Phi) is 20.2. The molecule has 0 aromatic carbocycles. The van der Waals surface area contributed by atoms with Crippen LogP contribution in [0, 0.1) is 0 Å². The van der Waals surface area contributed by atoms with Gasteiger partial charge in [-0.05, 0) is 86.5 Å². The van der Waals surface area contributed by atoms with E-state index in [1.54, 1.807) is 0 Å². The van der Waals surface area contributed by atoms with Crippen LogP contribution in [0.5, 0.6) is 0 Å². The number of carbonyl (C=O) groups is 2. The summed E-state index contributed by atoms with van der Waals surface area (Å²) in [6.45, 7) is 37.7. The summed E-state index contributed by atoms with van der Waals surface area (Å²) in [5.41, 5.74) is 0. The minimum Gasteiger partial charge on any atom is -0.481 e. The molecule has 0 rings (SSSR count). The van der Waals surface area contributed by atoms with Crippen molar-refractivity contribution in [3.8, 4) is 0 Å². The summed E-state index contributed by atoms with van der Waals surface area (Å²) in [4.78, 5) is 24.8. The quantitative estimate of drug-likeness (QED) is 0.0706. The van der Waals surface area contributed by atoms with Gasteiger partial charge < -0.3 is 23.5 Å². The molecule has 0 aromatic rings. The summed E-state index contributed by atoms with van der Waals surface area (Å²) in [6.07, 6.45) is 8.35. The fourth-order valence-electron chi connectivity index (χ4n) is 4.88. The molecule has 0 spiro atoms. The Balaban J connectivity index is 6.24. The predicted octanol–water partition coefficient (Wildman–Crippen LogP) is 10.6. The largest absolute Gasteiger partial charge is 0.481 e. The van der Waals surface area contributed by atoms with Gasteiger partial charge in [0.15, 0.2) is 25.0 Å². The van der Waals surface area contributed by atoms with Crippen LogP contribution in [-0.4, -0.2) is 90.5 Å². The SMILES string of the molecule is CC(C)(C)[Si](C)(C)OCCCN(CC(CCCCCC(=O)O)O[Si](C)(C)C(C)(C)C)CC(CCCCCC(=O)O)O[Si](C)(C)C(C)(C)C. The molecule has 0 fully saturated rings. The molecular weight excluding hydrogens is 655 g/mol. The van der Waals surface area contributed by atoms with Gasteiger partial charge in [-0.3, -0.25) is 14.5 Å². The van der Waals surface area contributed by atoms with Crippen LogP contribution in [0.3, 0.4) is 0 Å². The summed E-state index contributed by atoms with van der Waals surface area (Å²) in [6, 6.07) is 0. The molecule has 8 nitrogen and oxygen atoms in total. The van der Waals surface area contributed by atoms with Gasteiger partial charge in [-0.2, -0.15) is 0 Å². The first kappa shape index (κ1) is 47.4. The van der Waals surface area contributed by atoms with Crippen molar-refractivity contribution >= 4 is 36.9 Å². The molecule has 0 bridgehead atoms. The average molecular weight is 734 g/mol. The maximum atomic E-state index is 11.1. The molecule has 286 valence electrons. The van der Waals surface area contributed by atoms with Crippen LogP contribution in [0.4, 0.5) is 0 Å². The molecule has 0 aliphatic rings. The van der Waals surface area contributed by atoms with Gasteiger partial charge >= 0.3 is 11.9 Å². The highest BCUT2D eigenvalue weighted by Crippen LogP contribution is 2.40. The maximum absolute atomic E-state index is 11.1. The molecule has 0 radical (unpaired) electrons. The van der Waals surface area contributed by atoms with Crippen molar-refractivity contribution in [3.63, 3.8) is 0 Å². The van der Waals surface area contributed by atoms with Crippen molar-refractivity contribution in [1.82, 2.24) is 4.90 Å². The topological polar surface area (TPSA) is 106 Å². The molecule has 0 amide bonds. The number of unbranched alkanes of at least 4 members (excludes halogenated alkanes) is 4. The third kappa shape index (κ3) is 19.2. The number of carboxylic acid groups (broad SMARTS) is 2. The highest BCUT2D eigenvalue weighted by molar-refractivity contribution is 6.74. The number of hydrogen-bond donors (Lipinski definition) is 2. The number of hydrogen-bond acceptors (Lipinski definition) is 6. The lowest BCUT2D eigenvalue weighted by Gasteiger charge is -2.43. The van der Waals surface area contributed by atoms with E-state index in [1.807, 2.05) is 0 Å². The van der Waals surface area contributed by atoms with Gasteiger partial charge in [0.1, 0.15) is 0 Å². The third-order valence-corrected chi connectivity index (χ3v) is 24.8. The number of carboxylic acids is 2. The van der Waals surface area contributed by atoms with Crippen molar-refractivity contribution in [2.45, 2.75) is 200 Å². The standard InChI is InChI=1S/C37H79NO7Si3/c1-35(2,3)46(10,11)43-28-22-27-38(29-31(23-18-16-20-25-33(39)40)44-47(12,13)36(4,5)6)30-32(24-19-17-21-26-34(41)42)45-48(14,15)37(7,8)9/h31-32H,16-30H2,1-15H3,(H,39,40)(H,41,42). The second-order valence-electron chi connectivity index (χ2n) is 18.7. The van der Waals surface area contributed by atoms with Crippen LogP contribution in [0.15, 0.2) is 0 Å². The zero-order valence-corrected chi connectivity index (χ0v) is 37.1. The van der Waals surface area contributed by atoms with Crippen LogP contribution >= 0.6 is 0 Å². The van der Waals surface area contributed by atoms with Gasteiger partial charge in [0.05, 0.1) is 12.2 Å². The second kappa shape index (κ2) is 20.5. The van der Waals surface area contributed by atoms with Gasteiger partial charge in [0.25, 0.3) is 0 Å². The Bertz CT molecular complexity index is 879. The summed E-state index contributed by atoms with van der Waals surface area (Å²) < 4.78 is 20.8. The predicted molar refractivity (Wildman–Crippen MR) is 210 cm³/mol. The van der Waals surface area contributed by atoms with Crippen LogP contribution in [0.25, 0.3) is 0 Å². The normalized spacial score (nSPS) is 15.2. The number of rotatable bonds is 25. The molecule has 48 heavy (non-hydrogen) atoms. The lowest BCUT2D eigenvalue weighted by molar-refractivity contribution is -0.138. The molecule has 0 saturated heterocycles. The lowest BCUT2D eigenvalue weighted by atomic mass is 10.1. The second-order valence-corrected chi connectivity index (χ2v) is 33.0. The van der Waals surface area contributed by atoms with Gasteiger partial charge in [0.2, 0.25) is 0 Å². The van der Waals surface area contributed by atoms with Gasteiger partial charge in [-0.15, -0.1) is 0 Å². The summed E-state index contributed by atoms with van der Waals surface area (Å²) in [5, 5.41) is 18.6. The first-order valence-electron chi connectivity index (χ1n) is 18.8. The van der Waals surface area contributed by atoms with E-state index in [0.29, 0.717) is 12.8 Å². The van der Waals surface area contributed by atoms with Crippen molar-refractivity contribution in [1.29, 1.82) is 0 Å². The van der Waals surface area contributed by atoms with E-state index in [0.717, 1.165) is 71.2 Å². The minimum atomic E-state index is -2.06. The zero-order valence-electron chi connectivity index (χ0n) is 34.1. The molecule has 2 unspecified atom stereocenters. The molecular formula is C37H79NO7Si3. The Morgan fingerprint density at radius 2 is 0.917 bits per heavy atom. The molecule has 2 N–H and O–H groups in total. The Hall–Kier alpha value is -0.569. The van der Waals surface area contributed by atoms with Crippen LogP contribution in [0.2, 0.25) is 54.4 Å². The molecule has 0 heterocycles. The molecule has 11 heteroatoms. The molecule has 0 saturated carbocycles. The smallest absolute Gasteiger partial charge is 0.303 e. The highest BCUT2D eigenvalue weighted by atomic mass is 28.4. The van der Waals surface area contributed by atoms with Crippen LogP contribution < -0.4 is 0 Å². The van der Waals surface area contributed by atoms with E-state index >= 15 is 0 Å². The molecule has 0 aromatic heterocycles. The van der Waals surface area contributed by atoms with E-state index in [1.165, 1.54) is 0 Å².